The average Bonchev–Trinajstić information content (AvgIpc) is 2.96. The number of ether oxygens (including phenoxy) is 1. The number of methoxy groups -OCH3 is 1. The van der Waals surface area contributed by atoms with E-state index in [2.05, 4.69) is 14.7 Å². The molecule has 1 aromatic rings. The van der Waals surface area contributed by atoms with Gasteiger partial charge in [0.1, 0.15) is 5.82 Å². The first kappa shape index (κ1) is 11.1. The Morgan fingerprint density at radius 1 is 1.67 bits per heavy atom. The van der Waals surface area contributed by atoms with E-state index in [9.17, 15) is 0 Å². The summed E-state index contributed by atoms with van der Waals surface area (Å²) in [5.74, 6) is 1.60. The summed E-state index contributed by atoms with van der Waals surface area (Å²) in [6.07, 6.45) is 2.47. The van der Waals surface area contributed by atoms with Crippen molar-refractivity contribution < 1.29 is 4.74 Å². The Bertz CT molecular complexity index is 316. The zero-order chi connectivity index (χ0) is 10.7. The van der Waals surface area contributed by atoms with Crippen LogP contribution >= 0.6 is 23.1 Å². The highest BCUT2D eigenvalue weighted by Crippen LogP contribution is 2.39. The lowest BCUT2D eigenvalue weighted by Crippen LogP contribution is -2.18. The normalized spacial score (nSPS) is 17.7. The molecule has 0 saturated heterocycles. The number of nitrogens with one attached hydrogen (secondary N) is 1. The third-order valence-electron chi connectivity index (χ3n) is 2.21. The van der Waals surface area contributed by atoms with Crippen molar-refractivity contribution >= 4 is 28.3 Å². The molecule has 0 aliphatic heterocycles. The van der Waals surface area contributed by atoms with Gasteiger partial charge < -0.3 is 10.1 Å². The van der Waals surface area contributed by atoms with Crippen LogP contribution in [0.4, 0.5) is 5.13 Å². The third-order valence-corrected chi connectivity index (χ3v) is 3.17. The van der Waals surface area contributed by atoms with Crippen LogP contribution in [0.15, 0.2) is 0 Å². The van der Waals surface area contributed by atoms with Gasteiger partial charge in [0.15, 0.2) is 0 Å². The molecule has 1 aliphatic carbocycles. The van der Waals surface area contributed by atoms with E-state index in [1.807, 2.05) is 0 Å². The lowest BCUT2D eigenvalue weighted by atomic mass is 10.4. The molecule has 6 heteroatoms. The number of nitrogens with zero attached hydrogens (tertiary/aromatic N) is 2. The number of anilines is 1. The highest BCUT2D eigenvalue weighted by molar-refractivity contribution is 7.09. The van der Waals surface area contributed by atoms with Crippen LogP contribution in [0.25, 0.3) is 0 Å². The van der Waals surface area contributed by atoms with Crippen LogP contribution in [0.2, 0.25) is 0 Å². The van der Waals surface area contributed by atoms with Gasteiger partial charge in [0.25, 0.3) is 0 Å². The highest BCUT2D eigenvalue weighted by Gasteiger charge is 2.27. The molecule has 1 unspecified atom stereocenters. The fourth-order valence-corrected chi connectivity index (χ4v) is 2.11. The quantitative estimate of drug-likeness (QED) is 0.782. The molecule has 1 N–H and O–H groups in total. The van der Waals surface area contributed by atoms with E-state index in [0.29, 0.717) is 19.1 Å². The summed E-state index contributed by atoms with van der Waals surface area (Å²) >= 11 is 7.39. The third kappa shape index (κ3) is 3.29. The molecular formula is C9H14ClN3OS. The van der Waals surface area contributed by atoms with Crippen LogP contribution in [0.1, 0.15) is 24.6 Å². The van der Waals surface area contributed by atoms with Gasteiger partial charge in [-0.25, -0.2) is 4.98 Å². The molecule has 0 bridgehead atoms. The van der Waals surface area contributed by atoms with Gasteiger partial charge in [-0.05, 0) is 12.8 Å². The molecule has 0 spiro atoms. The Morgan fingerprint density at radius 2 is 2.47 bits per heavy atom. The molecule has 0 radical (unpaired) electrons. The molecule has 0 aromatic carbocycles. The van der Waals surface area contributed by atoms with Crippen LogP contribution < -0.4 is 5.32 Å². The van der Waals surface area contributed by atoms with Gasteiger partial charge in [0.2, 0.25) is 5.13 Å². The largest absolute Gasteiger partial charge is 0.383 e. The zero-order valence-electron chi connectivity index (χ0n) is 8.57. The Kier molecular flexibility index (Phi) is 3.77. The van der Waals surface area contributed by atoms with E-state index in [1.54, 1.807) is 7.11 Å². The van der Waals surface area contributed by atoms with Crippen molar-refractivity contribution in [2.45, 2.75) is 24.1 Å². The fourth-order valence-electron chi connectivity index (χ4n) is 1.25. The van der Waals surface area contributed by atoms with E-state index in [0.717, 1.165) is 11.0 Å². The molecule has 2 rings (SSSR count). The standard InChI is InChI=1S/C9H14ClN3OS/c1-14-5-7(10)4-11-9-12-8(13-15-9)6-2-3-6/h6-7H,2-5H2,1H3,(H,11,12,13). The maximum Gasteiger partial charge on any atom is 0.202 e. The predicted octanol–water partition coefficient (Wildman–Crippen LogP) is 2.08. The maximum atomic E-state index is 5.98. The second-order valence-corrected chi connectivity index (χ2v) is 5.03. The summed E-state index contributed by atoms with van der Waals surface area (Å²) < 4.78 is 9.24. The maximum absolute atomic E-state index is 5.98. The number of hydrogen-bond acceptors (Lipinski definition) is 5. The van der Waals surface area contributed by atoms with E-state index >= 15 is 0 Å². The summed E-state index contributed by atoms with van der Waals surface area (Å²) in [6, 6.07) is 0. The molecule has 1 aliphatic rings. The molecule has 0 amide bonds. The molecule has 1 atom stereocenters. The van der Waals surface area contributed by atoms with Crippen molar-refractivity contribution in [3.05, 3.63) is 5.82 Å². The molecule has 1 aromatic heterocycles. The average molecular weight is 248 g/mol. The minimum Gasteiger partial charge on any atom is -0.383 e. The SMILES string of the molecule is COCC(Cl)CNc1nc(C2CC2)ns1. The Hall–Kier alpha value is -0.390. The molecule has 84 valence electrons. The van der Waals surface area contributed by atoms with Crippen molar-refractivity contribution in [3.63, 3.8) is 0 Å². The van der Waals surface area contributed by atoms with Gasteiger partial charge in [-0.1, -0.05) is 0 Å². The van der Waals surface area contributed by atoms with E-state index in [-0.39, 0.29) is 5.38 Å². The van der Waals surface area contributed by atoms with E-state index in [4.69, 9.17) is 16.3 Å². The molecule has 1 saturated carbocycles. The summed E-state index contributed by atoms with van der Waals surface area (Å²) in [7, 11) is 1.64. The lowest BCUT2D eigenvalue weighted by Gasteiger charge is -2.07. The van der Waals surface area contributed by atoms with Gasteiger partial charge in [0.05, 0.1) is 12.0 Å². The van der Waals surface area contributed by atoms with Crippen molar-refractivity contribution in [2.75, 3.05) is 25.6 Å². The second-order valence-electron chi connectivity index (χ2n) is 3.67. The molecule has 1 fully saturated rings. The van der Waals surface area contributed by atoms with E-state index in [1.165, 1.54) is 24.4 Å². The van der Waals surface area contributed by atoms with Crippen molar-refractivity contribution in [1.29, 1.82) is 0 Å². The van der Waals surface area contributed by atoms with Gasteiger partial charge >= 0.3 is 0 Å². The Morgan fingerprint density at radius 3 is 3.13 bits per heavy atom. The van der Waals surface area contributed by atoms with Crippen molar-refractivity contribution in [2.24, 2.45) is 0 Å². The van der Waals surface area contributed by atoms with E-state index < -0.39 is 0 Å². The number of aromatic nitrogens is 2. The number of alkyl halides is 1. The minimum absolute atomic E-state index is 0.0247. The number of halogens is 1. The predicted molar refractivity (Wildman–Crippen MR) is 61.9 cm³/mol. The van der Waals surface area contributed by atoms with Gasteiger partial charge in [-0.2, -0.15) is 4.37 Å². The van der Waals surface area contributed by atoms with Crippen LogP contribution in [0, 0.1) is 0 Å². The summed E-state index contributed by atoms with van der Waals surface area (Å²) in [4.78, 5) is 4.40. The van der Waals surface area contributed by atoms with Crippen molar-refractivity contribution in [3.8, 4) is 0 Å². The first-order valence-corrected chi connectivity index (χ1v) is 6.21. The number of hydrogen-bond donors (Lipinski definition) is 1. The summed E-state index contributed by atoms with van der Waals surface area (Å²) in [5.41, 5.74) is 0. The van der Waals surface area contributed by atoms with Crippen LogP contribution in [0.3, 0.4) is 0 Å². The zero-order valence-corrected chi connectivity index (χ0v) is 10.1. The monoisotopic (exact) mass is 247 g/mol. The topological polar surface area (TPSA) is 47.0 Å². The Balaban J connectivity index is 1.77. The van der Waals surface area contributed by atoms with Crippen LogP contribution in [-0.2, 0) is 4.74 Å². The molecule has 4 nitrogen and oxygen atoms in total. The van der Waals surface area contributed by atoms with Gasteiger partial charge in [0, 0.05) is 31.1 Å². The fraction of sp³-hybridized carbons (Fsp3) is 0.778. The summed E-state index contributed by atoms with van der Waals surface area (Å²) in [5, 5.41) is 4.00. The first-order valence-electron chi connectivity index (χ1n) is 5.00. The van der Waals surface area contributed by atoms with Crippen molar-refractivity contribution in [1.82, 2.24) is 9.36 Å². The molecular weight excluding hydrogens is 234 g/mol. The molecule has 15 heavy (non-hydrogen) atoms. The van der Waals surface area contributed by atoms with Gasteiger partial charge in [-0.15, -0.1) is 11.6 Å². The first-order chi connectivity index (χ1) is 7.29. The highest BCUT2D eigenvalue weighted by atomic mass is 35.5. The Labute approximate surface area is 98.2 Å². The van der Waals surface area contributed by atoms with Crippen LogP contribution in [0.5, 0.6) is 0 Å². The smallest absolute Gasteiger partial charge is 0.202 e. The second kappa shape index (κ2) is 5.09. The molecule has 1 heterocycles. The van der Waals surface area contributed by atoms with Gasteiger partial charge in [-0.3, -0.25) is 0 Å². The lowest BCUT2D eigenvalue weighted by molar-refractivity contribution is 0.200. The minimum atomic E-state index is -0.0247. The van der Waals surface area contributed by atoms with Crippen LogP contribution in [-0.4, -0.2) is 35.0 Å². The summed E-state index contributed by atoms with van der Waals surface area (Å²) in [6.45, 7) is 1.21. The number of rotatable bonds is 6.